The van der Waals surface area contributed by atoms with Crippen molar-refractivity contribution >= 4 is 5.97 Å². The lowest BCUT2D eigenvalue weighted by atomic mass is 10.2. The highest BCUT2D eigenvalue weighted by atomic mass is 16.5. The monoisotopic (exact) mass is 245 g/mol. The highest BCUT2D eigenvalue weighted by Gasteiger charge is 2.03. The fourth-order valence-corrected chi connectivity index (χ4v) is 1.57. The molecule has 0 unspecified atom stereocenters. The van der Waals surface area contributed by atoms with E-state index in [1.165, 1.54) is 11.6 Å². The predicted molar refractivity (Wildman–Crippen MR) is 63.2 cm³/mol. The van der Waals surface area contributed by atoms with E-state index in [0.29, 0.717) is 5.76 Å². The number of carbonyl (C=O) groups excluding carboxylic acids is 1. The summed E-state index contributed by atoms with van der Waals surface area (Å²) < 4.78 is 10.6. The summed E-state index contributed by atoms with van der Waals surface area (Å²) in [4.78, 5) is 10.5. The van der Waals surface area contributed by atoms with Crippen LogP contribution in [0.15, 0.2) is 40.8 Å². The lowest BCUT2D eigenvalue weighted by molar-refractivity contribution is -0.257. The Morgan fingerprint density at radius 1 is 1.33 bits per heavy atom. The number of ether oxygens (including phenoxy) is 1. The van der Waals surface area contributed by atoms with Crippen molar-refractivity contribution in [3.05, 3.63) is 53.5 Å². The Labute approximate surface area is 105 Å². The number of carboxylic acid groups (broad SMARTS) is 1. The van der Waals surface area contributed by atoms with Gasteiger partial charge in [0.1, 0.15) is 29.8 Å². The lowest BCUT2D eigenvalue weighted by Gasteiger charge is -2.05. The standard InChI is InChI=1S/C14H14O4/c1-2-10-4-3-5-11(8-10)17-9-12-6-7-13(18-12)14(15)16/h3-8H,2,9H2,1H3,(H,15,16)/p-1. The van der Waals surface area contributed by atoms with Crippen molar-refractivity contribution in [1.29, 1.82) is 0 Å². The molecular weight excluding hydrogens is 232 g/mol. The van der Waals surface area contributed by atoms with E-state index in [4.69, 9.17) is 9.15 Å². The summed E-state index contributed by atoms with van der Waals surface area (Å²) in [7, 11) is 0. The molecule has 0 aliphatic heterocycles. The van der Waals surface area contributed by atoms with Gasteiger partial charge in [0.2, 0.25) is 0 Å². The van der Waals surface area contributed by atoms with Crippen molar-refractivity contribution in [3.8, 4) is 5.75 Å². The summed E-state index contributed by atoms with van der Waals surface area (Å²) in [6.07, 6.45) is 0.937. The molecule has 18 heavy (non-hydrogen) atoms. The van der Waals surface area contributed by atoms with Crippen LogP contribution in [0.3, 0.4) is 0 Å². The molecular formula is C14H13O4-. The molecule has 94 valence electrons. The Morgan fingerprint density at radius 2 is 2.17 bits per heavy atom. The number of aryl methyl sites for hydroxylation is 1. The normalized spacial score (nSPS) is 10.3. The molecule has 0 saturated heterocycles. The fraction of sp³-hybridized carbons (Fsp3) is 0.214. The van der Waals surface area contributed by atoms with E-state index < -0.39 is 5.97 Å². The summed E-state index contributed by atoms with van der Waals surface area (Å²) in [5.74, 6) is -0.318. The van der Waals surface area contributed by atoms with Gasteiger partial charge in [-0.2, -0.15) is 0 Å². The zero-order valence-electron chi connectivity index (χ0n) is 10.0. The highest BCUT2D eigenvalue weighted by molar-refractivity contribution is 5.82. The van der Waals surface area contributed by atoms with E-state index in [1.807, 2.05) is 24.3 Å². The molecule has 0 radical (unpaired) electrons. The van der Waals surface area contributed by atoms with Gasteiger partial charge in [0.05, 0.1) is 0 Å². The second-order valence-corrected chi connectivity index (χ2v) is 3.84. The van der Waals surface area contributed by atoms with Crippen LogP contribution in [0.2, 0.25) is 0 Å². The van der Waals surface area contributed by atoms with Crippen LogP contribution in [0.4, 0.5) is 0 Å². The summed E-state index contributed by atoms with van der Waals surface area (Å²) >= 11 is 0. The molecule has 4 heteroatoms. The topological polar surface area (TPSA) is 62.5 Å². The minimum absolute atomic E-state index is 0.184. The van der Waals surface area contributed by atoms with Gasteiger partial charge in [-0.1, -0.05) is 19.1 Å². The molecule has 0 N–H and O–H groups in total. The van der Waals surface area contributed by atoms with Crippen LogP contribution >= 0.6 is 0 Å². The first-order valence-electron chi connectivity index (χ1n) is 5.71. The molecule has 0 amide bonds. The molecule has 0 bridgehead atoms. The third-order valence-corrected chi connectivity index (χ3v) is 2.55. The Kier molecular flexibility index (Phi) is 3.67. The molecule has 2 rings (SSSR count). The van der Waals surface area contributed by atoms with Gasteiger partial charge < -0.3 is 19.1 Å². The fourth-order valence-electron chi connectivity index (χ4n) is 1.57. The lowest BCUT2D eigenvalue weighted by Crippen LogP contribution is -2.21. The molecule has 0 spiro atoms. The number of hydrogen-bond acceptors (Lipinski definition) is 4. The summed E-state index contributed by atoms with van der Waals surface area (Å²) in [5, 5.41) is 10.5. The minimum Gasteiger partial charge on any atom is -0.542 e. The molecule has 1 aromatic carbocycles. The number of furan rings is 1. The molecule has 0 saturated carbocycles. The highest BCUT2D eigenvalue weighted by Crippen LogP contribution is 2.16. The van der Waals surface area contributed by atoms with Crippen LogP contribution in [-0.2, 0) is 13.0 Å². The van der Waals surface area contributed by atoms with E-state index in [0.717, 1.165) is 12.2 Å². The summed E-state index contributed by atoms with van der Waals surface area (Å²) in [6.45, 7) is 2.26. The zero-order valence-corrected chi connectivity index (χ0v) is 10.0. The number of carbonyl (C=O) groups is 1. The first-order chi connectivity index (χ1) is 8.69. The molecule has 0 fully saturated rings. The largest absolute Gasteiger partial charge is 0.542 e. The smallest absolute Gasteiger partial charge is 0.149 e. The summed E-state index contributed by atoms with van der Waals surface area (Å²) in [6, 6.07) is 10.7. The Bertz CT molecular complexity index is 542. The van der Waals surface area contributed by atoms with Crippen LogP contribution < -0.4 is 9.84 Å². The SMILES string of the molecule is CCc1cccc(OCc2ccc(C(=O)[O-])o2)c1. The van der Waals surface area contributed by atoms with Crippen LogP contribution in [-0.4, -0.2) is 5.97 Å². The summed E-state index contributed by atoms with van der Waals surface area (Å²) in [5.41, 5.74) is 1.18. The molecule has 1 heterocycles. The average molecular weight is 245 g/mol. The van der Waals surface area contributed by atoms with Crippen molar-refractivity contribution in [2.75, 3.05) is 0 Å². The van der Waals surface area contributed by atoms with Crippen LogP contribution in [0, 0.1) is 0 Å². The van der Waals surface area contributed by atoms with Crippen molar-refractivity contribution in [1.82, 2.24) is 0 Å². The Morgan fingerprint density at radius 3 is 2.83 bits per heavy atom. The molecule has 2 aromatic rings. The Hall–Kier alpha value is -2.23. The molecule has 0 aliphatic carbocycles. The second-order valence-electron chi connectivity index (χ2n) is 3.84. The third kappa shape index (κ3) is 2.91. The quantitative estimate of drug-likeness (QED) is 0.805. The van der Waals surface area contributed by atoms with E-state index in [1.54, 1.807) is 6.07 Å². The maximum atomic E-state index is 10.5. The van der Waals surface area contributed by atoms with Gasteiger partial charge in [-0.15, -0.1) is 0 Å². The number of benzene rings is 1. The van der Waals surface area contributed by atoms with Gasteiger partial charge in [0, 0.05) is 0 Å². The van der Waals surface area contributed by atoms with E-state index in [2.05, 4.69) is 6.92 Å². The predicted octanol–water partition coefficient (Wildman–Crippen LogP) is 1.78. The van der Waals surface area contributed by atoms with Crippen molar-refractivity contribution < 1.29 is 19.1 Å². The number of hydrogen-bond donors (Lipinski definition) is 0. The first kappa shape index (κ1) is 12.2. The van der Waals surface area contributed by atoms with E-state index in [9.17, 15) is 9.90 Å². The van der Waals surface area contributed by atoms with Gasteiger partial charge in [0.25, 0.3) is 0 Å². The second kappa shape index (κ2) is 5.40. The number of carboxylic acids is 1. The van der Waals surface area contributed by atoms with Crippen LogP contribution in [0.25, 0.3) is 0 Å². The van der Waals surface area contributed by atoms with Crippen molar-refractivity contribution in [2.24, 2.45) is 0 Å². The van der Waals surface area contributed by atoms with E-state index >= 15 is 0 Å². The maximum absolute atomic E-state index is 10.5. The van der Waals surface area contributed by atoms with Crippen LogP contribution in [0.5, 0.6) is 5.75 Å². The molecule has 0 atom stereocenters. The molecule has 0 aliphatic rings. The minimum atomic E-state index is -1.32. The van der Waals surface area contributed by atoms with Gasteiger partial charge in [-0.25, -0.2) is 0 Å². The van der Waals surface area contributed by atoms with Crippen molar-refractivity contribution in [3.63, 3.8) is 0 Å². The van der Waals surface area contributed by atoms with E-state index in [-0.39, 0.29) is 12.4 Å². The van der Waals surface area contributed by atoms with Crippen molar-refractivity contribution in [2.45, 2.75) is 20.0 Å². The van der Waals surface area contributed by atoms with Gasteiger partial charge in [-0.3, -0.25) is 0 Å². The maximum Gasteiger partial charge on any atom is 0.149 e. The van der Waals surface area contributed by atoms with Gasteiger partial charge >= 0.3 is 0 Å². The first-order valence-corrected chi connectivity index (χ1v) is 5.71. The zero-order chi connectivity index (χ0) is 13.0. The average Bonchev–Trinajstić information content (AvgIpc) is 2.85. The molecule has 4 nitrogen and oxygen atoms in total. The van der Waals surface area contributed by atoms with Gasteiger partial charge in [0.15, 0.2) is 0 Å². The molecule has 1 aromatic heterocycles. The Balaban J connectivity index is 1.99. The van der Waals surface area contributed by atoms with Crippen LogP contribution in [0.1, 0.15) is 28.8 Å². The number of aromatic carboxylic acids is 1. The third-order valence-electron chi connectivity index (χ3n) is 2.55. The number of rotatable bonds is 5. The van der Waals surface area contributed by atoms with Gasteiger partial charge in [-0.05, 0) is 36.2 Å².